The van der Waals surface area contributed by atoms with Crippen molar-refractivity contribution in [3.63, 3.8) is 0 Å². The first kappa shape index (κ1) is 24.0. The molecule has 0 spiro atoms. The molecule has 0 aliphatic heterocycles. The van der Waals surface area contributed by atoms with Crippen LogP contribution >= 0.6 is 0 Å². The number of carbonyl (C=O) groups excluding carboxylic acids is 1. The van der Waals surface area contributed by atoms with Crippen LogP contribution in [0.1, 0.15) is 21.5 Å². The SMILES string of the molecule is C[Si]C.Cc1cc(C)cc(C([NH-])=O)c1.[Ti+2].c1ccc2c(c1)[cH-]c1ccccc12. The van der Waals surface area contributed by atoms with Crippen molar-refractivity contribution >= 4 is 37.0 Å². The fraction of sp³-hybridized carbons (Fsp3) is 0.167. The number of rotatable bonds is 1. The van der Waals surface area contributed by atoms with E-state index >= 15 is 0 Å². The molecule has 0 bridgehead atoms. The van der Waals surface area contributed by atoms with Crippen LogP contribution in [0.25, 0.3) is 27.3 Å². The number of hydrogen-bond acceptors (Lipinski definition) is 1. The minimum absolute atomic E-state index is 0. The monoisotopic (exact) mass is 419 g/mol. The van der Waals surface area contributed by atoms with Gasteiger partial charge < -0.3 is 10.5 Å². The first-order valence-corrected chi connectivity index (χ1v) is 10.9. The Morgan fingerprint density at radius 1 is 0.821 bits per heavy atom. The Morgan fingerprint density at radius 3 is 1.61 bits per heavy atom. The molecule has 2 nitrogen and oxygen atoms in total. The number of aryl methyl sites for hydroxylation is 2. The summed E-state index contributed by atoms with van der Waals surface area (Å²) in [5, 5.41) is 5.39. The molecule has 0 aliphatic rings. The smallest absolute Gasteiger partial charge is 0.664 e. The fourth-order valence-electron chi connectivity index (χ4n) is 3.01. The van der Waals surface area contributed by atoms with E-state index in [2.05, 4.69) is 67.7 Å². The van der Waals surface area contributed by atoms with Gasteiger partial charge in [-0.05, 0) is 19.4 Å². The second-order valence-corrected chi connectivity index (χ2v) is 7.52. The van der Waals surface area contributed by atoms with E-state index in [0.717, 1.165) is 20.6 Å². The van der Waals surface area contributed by atoms with Crippen LogP contribution in [-0.2, 0) is 21.7 Å². The third-order valence-corrected chi connectivity index (χ3v) is 4.01. The van der Waals surface area contributed by atoms with Gasteiger partial charge in [-0.25, -0.2) is 0 Å². The zero-order valence-corrected chi connectivity index (χ0v) is 19.4. The minimum atomic E-state index is -0.614. The van der Waals surface area contributed by atoms with Crippen LogP contribution in [-0.4, -0.2) is 15.4 Å². The first-order chi connectivity index (χ1) is 13.0. The van der Waals surface area contributed by atoms with Gasteiger partial charge >= 0.3 is 21.7 Å². The number of hydrogen-bond donors (Lipinski definition) is 0. The topological polar surface area (TPSA) is 40.9 Å². The summed E-state index contributed by atoms with van der Waals surface area (Å²) in [5.74, 6) is -0.614. The molecule has 4 aromatic carbocycles. The van der Waals surface area contributed by atoms with Gasteiger partial charge in [-0.15, -0.1) is 39.7 Å². The molecule has 2 radical (unpaired) electrons. The molecule has 0 saturated heterocycles. The van der Waals surface area contributed by atoms with Crippen molar-refractivity contribution in [3.05, 3.63) is 95.2 Å². The second kappa shape index (κ2) is 11.7. The van der Waals surface area contributed by atoms with E-state index in [0.29, 0.717) is 5.56 Å². The van der Waals surface area contributed by atoms with E-state index in [1.54, 1.807) is 12.1 Å². The van der Waals surface area contributed by atoms with E-state index in [4.69, 9.17) is 5.73 Å². The first-order valence-electron chi connectivity index (χ1n) is 8.92. The number of carbonyl (C=O) groups is 1. The van der Waals surface area contributed by atoms with Crippen LogP contribution < -0.4 is 0 Å². The van der Waals surface area contributed by atoms with Crippen molar-refractivity contribution in [2.24, 2.45) is 0 Å². The van der Waals surface area contributed by atoms with Crippen molar-refractivity contribution in [3.8, 4) is 0 Å². The predicted octanol–water partition coefficient (Wildman–Crippen LogP) is 6.99. The Hall–Kier alpha value is -2.07. The largest absolute Gasteiger partial charge is 2.00 e. The van der Waals surface area contributed by atoms with Crippen molar-refractivity contribution < 1.29 is 26.5 Å². The summed E-state index contributed by atoms with van der Waals surface area (Å²) in [6, 6.07) is 24.7. The Balaban J connectivity index is 0.000000242. The van der Waals surface area contributed by atoms with E-state index < -0.39 is 5.91 Å². The Bertz CT molecular complexity index is 969. The molecule has 1 amide bonds. The summed E-state index contributed by atoms with van der Waals surface area (Å²) in [4.78, 5) is 10.6. The van der Waals surface area contributed by atoms with Gasteiger partial charge in [-0.3, -0.25) is 0 Å². The van der Waals surface area contributed by atoms with Crippen LogP contribution in [0.15, 0.2) is 72.8 Å². The molecule has 0 saturated carbocycles. The Labute approximate surface area is 185 Å². The van der Waals surface area contributed by atoms with Gasteiger partial charge in [0.2, 0.25) is 0 Å². The summed E-state index contributed by atoms with van der Waals surface area (Å²) in [5.41, 5.74) is 9.40. The summed E-state index contributed by atoms with van der Waals surface area (Å²) in [6.07, 6.45) is 0. The van der Waals surface area contributed by atoms with Crippen LogP contribution in [0, 0.1) is 13.8 Å². The van der Waals surface area contributed by atoms with Crippen LogP contribution in [0.2, 0.25) is 13.1 Å². The predicted molar refractivity (Wildman–Crippen MR) is 119 cm³/mol. The fourth-order valence-corrected chi connectivity index (χ4v) is 3.01. The molecule has 0 fully saturated rings. The molecule has 0 heterocycles. The van der Waals surface area contributed by atoms with Crippen molar-refractivity contribution in [1.82, 2.24) is 0 Å². The van der Waals surface area contributed by atoms with Crippen molar-refractivity contribution in [1.29, 1.82) is 0 Å². The zero-order valence-electron chi connectivity index (χ0n) is 16.8. The second-order valence-electron chi connectivity index (χ2n) is 6.52. The molecule has 140 valence electrons. The van der Waals surface area contributed by atoms with Gasteiger partial charge in [-0.1, -0.05) is 78.8 Å². The number of amides is 1. The third kappa shape index (κ3) is 6.52. The van der Waals surface area contributed by atoms with E-state index in [9.17, 15) is 4.79 Å². The minimum Gasteiger partial charge on any atom is -0.664 e. The molecule has 1 N–H and O–H groups in total. The third-order valence-electron chi connectivity index (χ3n) is 4.01. The maximum atomic E-state index is 10.6. The summed E-state index contributed by atoms with van der Waals surface area (Å²) < 4.78 is 0. The van der Waals surface area contributed by atoms with Crippen molar-refractivity contribution in [2.45, 2.75) is 26.9 Å². The molecule has 0 unspecified atom stereocenters. The van der Waals surface area contributed by atoms with Gasteiger partial charge in [0.1, 0.15) is 0 Å². The van der Waals surface area contributed by atoms with Crippen LogP contribution in [0.4, 0.5) is 0 Å². The number of nitrogens with one attached hydrogen (secondary N) is 1. The van der Waals surface area contributed by atoms with Crippen LogP contribution in [0.5, 0.6) is 0 Å². The molecular weight excluding hydrogens is 394 g/mol. The molecular formula is C24H25NOSiTi. The van der Waals surface area contributed by atoms with Gasteiger partial charge in [-0.2, -0.15) is 0 Å². The van der Waals surface area contributed by atoms with E-state index in [-0.39, 0.29) is 21.7 Å². The summed E-state index contributed by atoms with van der Waals surface area (Å²) in [7, 11) is 1.08. The molecule has 0 aromatic heterocycles. The molecule has 4 aromatic rings. The van der Waals surface area contributed by atoms with E-state index in [1.807, 2.05) is 19.9 Å². The number of fused-ring (bicyclic) bond motifs is 3. The normalized spacial score (nSPS) is 9.57. The van der Waals surface area contributed by atoms with Gasteiger partial charge in [0.05, 0.1) is 5.91 Å². The van der Waals surface area contributed by atoms with Gasteiger partial charge in [0.15, 0.2) is 0 Å². The van der Waals surface area contributed by atoms with Crippen LogP contribution in [0.3, 0.4) is 0 Å². The average molecular weight is 419 g/mol. The Kier molecular flexibility index (Phi) is 10.0. The van der Waals surface area contributed by atoms with Gasteiger partial charge in [0, 0.05) is 9.52 Å². The maximum absolute atomic E-state index is 10.6. The molecule has 0 atom stereocenters. The maximum Gasteiger partial charge on any atom is 2.00 e. The molecule has 4 rings (SSSR count). The summed E-state index contributed by atoms with van der Waals surface area (Å²) in [6.45, 7) is 8.14. The standard InChI is InChI=1S/C13H9.C9H11NO.C2H6Si.Ti/c1-3-7-12-10(5-1)9-11-6-2-4-8-13(11)12;1-6-3-7(2)5-8(4-6)9(10)11;1-3-2;/h1-9H;3-5H,1-2H3,(H2,10,11);1-2H3;/q-1;;;+2/p-1. The zero-order chi connectivity index (χ0) is 19.8. The molecule has 0 aliphatic carbocycles. The number of benzene rings is 3. The quantitative estimate of drug-likeness (QED) is 0.242. The summed E-state index contributed by atoms with van der Waals surface area (Å²) >= 11 is 0. The Morgan fingerprint density at radius 2 is 1.21 bits per heavy atom. The van der Waals surface area contributed by atoms with E-state index in [1.165, 1.54) is 21.5 Å². The van der Waals surface area contributed by atoms with Crippen molar-refractivity contribution in [2.75, 3.05) is 0 Å². The van der Waals surface area contributed by atoms with Gasteiger partial charge in [0.25, 0.3) is 0 Å². The molecule has 4 heteroatoms. The molecule has 28 heavy (non-hydrogen) atoms. The average Bonchev–Trinajstić information content (AvgIpc) is 3.01.